The van der Waals surface area contributed by atoms with Gasteiger partial charge in [0, 0.05) is 0 Å². The molecule has 0 aliphatic rings. The molecule has 0 aromatic heterocycles. The van der Waals surface area contributed by atoms with E-state index in [2.05, 4.69) is 0 Å². The number of ether oxygens (including phenoxy) is 2. The van der Waals surface area contributed by atoms with E-state index in [4.69, 9.17) is 9.47 Å². The molecule has 0 fully saturated rings. The first-order valence-corrected chi connectivity index (χ1v) is 8.48. The molecule has 2 aromatic rings. The minimum atomic E-state index is -1.23. The molecule has 2 atom stereocenters. The van der Waals surface area contributed by atoms with Gasteiger partial charge in [0.15, 0.2) is 0 Å². The Morgan fingerprint density at radius 3 is 1.42 bits per heavy atom. The first kappa shape index (κ1) is 19.7. The van der Waals surface area contributed by atoms with Gasteiger partial charge in [-0.2, -0.15) is 0 Å². The fraction of sp³-hybridized carbons (Fsp3) is 0.333. The molecule has 0 heterocycles. The predicted molar refractivity (Wildman–Crippen MR) is 97.3 cm³/mol. The van der Waals surface area contributed by atoms with Crippen LogP contribution in [-0.2, 0) is 31.9 Å². The summed E-state index contributed by atoms with van der Waals surface area (Å²) in [6.45, 7) is 0. The van der Waals surface area contributed by atoms with Crippen LogP contribution in [0.5, 0.6) is 0 Å². The third-order valence-electron chi connectivity index (χ3n) is 4.43. The average Bonchev–Trinajstić information content (AvgIpc) is 2.70. The molecular formula is C21H24O5. The van der Waals surface area contributed by atoms with E-state index in [1.807, 2.05) is 60.7 Å². The van der Waals surface area contributed by atoms with E-state index < -0.39 is 29.9 Å². The van der Waals surface area contributed by atoms with Gasteiger partial charge in [-0.15, -0.1) is 0 Å². The molecular weight excluding hydrogens is 332 g/mol. The van der Waals surface area contributed by atoms with E-state index in [9.17, 15) is 14.7 Å². The fourth-order valence-electron chi connectivity index (χ4n) is 3.01. The summed E-state index contributed by atoms with van der Waals surface area (Å²) in [5.41, 5.74) is 1.76. The molecule has 0 radical (unpaired) electrons. The van der Waals surface area contributed by atoms with Crippen LogP contribution >= 0.6 is 0 Å². The van der Waals surface area contributed by atoms with E-state index in [1.165, 1.54) is 14.2 Å². The van der Waals surface area contributed by atoms with Crippen LogP contribution in [0.2, 0.25) is 0 Å². The summed E-state index contributed by atoms with van der Waals surface area (Å²) in [5, 5.41) is 10.9. The molecule has 0 bridgehead atoms. The number of esters is 2. The maximum Gasteiger partial charge on any atom is 0.311 e. The Labute approximate surface area is 153 Å². The highest BCUT2D eigenvalue weighted by molar-refractivity contribution is 5.77. The predicted octanol–water partition coefficient (Wildman–Crippen LogP) is 2.41. The van der Waals surface area contributed by atoms with Gasteiger partial charge in [0.2, 0.25) is 0 Å². The van der Waals surface area contributed by atoms with Crippen molar-refractivity contribution in [2.45, 2.75) is 18.9 Å². The molecule has 26 heavy (non-hydrogen) atoms. The molecule has 138 valence electrons. The van der Waals surface area contributed by atoms with Crippen LogP contribution < -0.4 is 0 Å². The Bertz CT molecular complexity index is 637. The second-order valence-corrected chi connectivity index (χ2v) is 6.13. The van der Waals surface area contributed by atoms with Crippen molar-refractivity contribution < 1.29 is 24.2 Å². The highest BCUT2D eigenvalue weighted by Crippen LogP contribution is 2.24. The van der Waals surface area contributed by atoms with Gasteiger partial charge in [-0.25, -0.2) is 0 Å². The van der Waals surface area contributed by atoms with E-state index in [-0.39, 0.29) is 12.8 Å². The van der Waals surface area contributed by atoms with Crippen molar-refractivity contribution in [3.63, 3.8) is 0 Å². The maximum absolute atomic E-state index is 12.3. The minimum absolute atomic E-state index is 0.275. The molecule has 5 nitrogen and oxygen atoms in total. The Balaban J connectivity index is 2.27. The van der Waals surface area contributed by atoms with Crippen molar-refractivity contribution >= 4 is 11.9 Å². The minimum Gasteiger partial charge on any atom is -0.469 e. The van der Waals surface area contributed by atoms with Crippen molar-refractivity contribution in [3.05, 3.63) is 71.8 Å². The van der Waals surface area contributed by atoms with Gasteiger partial charge >= 0.3 is 11.9 Å². The number of aliphatic hydroxyl groups excluding tert-OH is 1. The summed E-state index contributed by atoms with van der Waals surface area (Å²) in [6.07, 6.45) is -0.677. The van der Waals surface area contributed by atoms with Crippen LogP contribution in [0.1, 0.15) is 11.1 Å². The summed E-state index contributed by atoms with van der Waals surface area (Å²) in [7, 11) is 2.55. The summed E-state index contributed by atoms with van der Waals surface area (Å²) in [4.78, 5) is 24.6. The molecule has 0 spiro atoms. The lowest BCUT2D eigenvalue weighted by Crippen LogP contribution is -2.41. The fourth-order valence-corrected chi connectivity index (χ4v) is 3.01. The number of carbonyl (C=O) groups is 2. The van der Waals surface area contributed by atoms with Crippen molar-refractivity contribution in [1.82, 2.24) is 0 Å². The highest BCUT2D eigenvalue weighted by atomic mass is 16.5. The van der Waals surface area contributed by atoms with E-state index in [1.54, 1.807) is 0 Å². The highest BCUT2D eigenvalue weighted by Gasteiger charge is 2.38. The van der Waals surface area contributed by atoms with Crippen LogP contribution in [-0.4, -0.2) is 37.4 Å². The van der Waals surface area contributed by atoms with Gasteiger partial charge in [-0.3, -0.25) is 9.59 Å². The average molecular weight is 356 g/mol. The van der Waals surface area contributed by atoms with E-state index >= 15 is 0 Å². The molecule has 1 N–H and O–H groups in total. The van der Waals surface area contributed by atoms with Crippen LogP contribution in [0.15, 0.2) is 60.7 Å². The van der Waals surface area contributed by atoms with Gasteiger partial charge in [0.1, 0.15) is 0 Å². The number of carbonyl (C=O) groups excluding carboxylic acids is 2. The summed E-state index contributed by atoms with van der Waals surface area (Å²) >= 11 is 0. The third-order valence-corrected chi connectivity index (χ3v) is 4.43. The quantitative estimate of drug-likeness (QED) is 0.736. The second-order valence-electron chi connectivity index (χ2n) is 6.13. The molecule has 0 saturated heterocycles. The molecule has 0 aliphatic carbocycles. The Kier molecular flexibility index (Phi) is 7.36. The zero-order valence-electron chi connectivity index (χ0n) is 15.0. The summed E-state index contributed by atoms with van der Waals surface area (Å²) < 4.78 is 9.74. The van der Waals surface area contributed by atoms with Crippen LogP contribution in [0.3, 0.4) is 0 Å². The van der Waals surface area contributed by atoms with Gasteiger partial charge in [0.25, 0.3) is 0 Å². The van der Waals surface area contributed by atoms with Gasteiger partial charge in [-0.1, -0.05) is 60.7 Å². The molecule has 2 rings (SSSR count). The molecule has 2 aromatic carbocycles. The first-order valence-electron chi connectivity index (χ1n) is 8.48. The van der Waals surface area contributed by atoms with Crippen LogP contribution in [0, 0.1) is 11.8 Å². The number of methoxy groups -OCH3 is 2. The van der Waals surface area contributed by atoms with Crippen LogP contribution in [0.4, 0.5) is 0 Å². The van der Waals surface area contributed by atoms with Crippen molar-refractivity contribution in [1.29, 1.82) is 0 Å². The van der Waals surface area contributed by atoms with Gasteiger partial charge in [0.05, 0.1) is 32.2 Å². The van der Waals surface area contributed by atoms with Gasteiger partial charge < -0.3 is 14.6 Å². The van der Waals surface area contributed by atoms with Crippen molar-refractivity contribution in [3.8, 4) is 0 Å². The molecule has 0 saturated carbocycles. The normalized spacial score (nSPS) is 14.1. The third kappa shape index (κ3) is 5.17. The first-order chi connectivity index (χ1) is 12.6. The lowest BCUT2D eigenvalue weighted by molar-refractivity contribution is -0.157. The zero-order chi connectivity index (χ0) is 18.9. The molecule has 0 aliphatic heterocycles. The Morgan fingerprint density at radius 1 is 0.769 bits per heavy atom. The number of hydrogen-bond acceptors (Lipinski definition) is 5. The SMILES string of the molecule is COC(=O)C(Cc1ccccc1)C(O)C(Cc1ccccc1)C(=O)OC. The smallest absolute Gasteiger partial charge is 0.311 e. The van der Waals surface area contributed by atoms with Crippen LogP contribution in [0.25, 0.3) is 0 Å². The number of aliphatic hydroxyl groups is 1. The Morgan fingerprint density at radius 2 is 1.12 bits per heavy atom. The maximum atomic E-state index is 12.3. The summed E-state index contributed by atoms with van der Waals surface area (Å²) in [5.74, 6) is -2.84. The van der Waals surface area contributed by atoms with Crippen molar-refractivity contribution in [2.75, 3.05) is 14.2 Å². The monoisotopic (exact) mass is 356 g/mol. The van der Waals surface area contributed by atoms with Gasteiger partial charge in [-0.05, 0) is 24.0 Å². The van der Waals surface area contributed by atoms with Crippen molar-refractivity contribution in [2.24, 2.45) is 11.8 Å². The lowest BCUT2D eigenvalue weighted by atomic mass is 9.83. The topological polar surface area (TPSA) is 72.8 Å². The van der Waals surface area contributed by atoms with E-state index in [0.29, 0.717) is 0 Å². The number of hydrogen-bond donors (Lipinski definition) is 1. The molecule has 5 heteroatoms. The van der Waals surface area contributed by atoms with E-state index in [0.717, 1.165) is 11.1 Å². The number of benzene rings is 2. The molecule has 0 amide bonds. The Hall–Kier alpha value is -2.66. The summed E-state index contributed by atoms with van der Waals surface area (Å²) in [6, 6.07) is 18.7. The lowest BCUT2D eigenvalue weighted by Gasteiger charge is -2.27. The molecule has 2 unspecified atom stereocenters. The number of rotatable bonds is 8. The standard InChI is InChI=1S/C21H24O5/c1-25-20(23)17(13-15-9-5-3-6-10-15)19(22)18(21(24)26-2)14-16-11-7-4-8-12-16/h3-12,17-19,22H,13-14H2,1-2H3. The second kappa shape index (κ2) is 9.73. The largest absolute Gasteiger partial charge is 0.469 e. The zero-order valence-corrected chi connectivity index (χ0v) is 15.0.